The molecule has 1 fully saturated rings. The number of halogens is 1. The summed E-state index contributed by atoms with van der Waals surface area (Å²) in [4.78, 5) is 0. The van der Waals surface area contributed by atoms with Gasteiger partial charge < -0.3 is 10.1 Å². The lowest BCUT2D eigenvalue weighted by atomic mass is 9.89. The predicted octanol–water partition coefficient (Wildman–Crippen LogP) is 4.21. The molecule has 3 heteroatoms. The molecule has 0 spiro atoms. The molecule has 0 aliphatic carbocycles. The summed E-state index contributed by atoms with van der Waals surface area (Å²) in [5.74, 6) is 0. The fourth-order valence-corrected chi connectivity index (χ4v) is 3.19. The lowest BCUT2D eigenvalue weighted by molar-refractivity contribution is -0.0788. The zero-order valence-corrected chi connectivity index (χ0v) is 13.5. The van der Waals surface area contributed by atoms with E-state index in [0.29, 0.717) is 12.1 Å². The van der Waals surface area contributed by atoms with Crippen molar-refractivity contribution in [3.63, 3.8) is 0 Å². The van der Waals surface area contributed by atoms with Crippen LogP contribution in [0, 0.1) is 0 Å². The second-order valence-corrected chi connectivity index (χ2v) is 6.61. The molecule has 2 rings (SSSR count). The molecule has 1 aromatic carbocycles. The van der Waals surface area contributed by atoms with E-state index in [9.17, 15) is 0 Å². The number of hydrogen-bond acceptors (Lipinski definition) is 2. The van der Waals surface area contributed by atoms with Crippen molar-refractivity contribution < 1.29 is 4.74 Å². The molecule has 0 radical (unpaired) electrons. The molecule has 1 heterocycles. The van der Waals surface area contributed by atoms with E-state index < -0.39 is 0 Å². The Hall–Kier alpha value is -0.570. The van der Waals surface area contributed by atoms with Gasteiger partial charge in [-0.2, -0.15) is 0 Å². The highest BCUT2D eigenvalue weighted by molar-refractivity contribution is 6.31. The van der Waals surface area contributed by atoms with Crippen LogP contribution in [0.3, 0.4) is 0 Å². The van der Waals surface area contributed by atoms with Crippen molar-refractivity contribution in [2.24, 2.45) is 0 Å². The van der Waals surface area contributed by atoms with Crippen LogP contribution in [0.5, 0.6) is 0 Å². The van der Waals surface area contributed by atoms with Crippen LogP contribution < -0.4 is 5.32 Å². The Kier molecular flexibility index (Phi) is 5.48. The van der Waals surface area contributed by atoms with Crippen molar-refractivity contribution in [2.75, 3.05) is 6.61 Å². The van der Waals surface area contributed by atoms with Crippen molar-refractivity contribution in [3.8, 4) is 0 Å². The van der Waals surface area contributed by atoms with Crippen LogP contribution in [0.1, 0.15) is 45.6 Å². The normalized spacial score (nSPS) is 28.3. The summed E-state index contributed by atoms with van der Waals surface area (Å²) in [6, 6.07) is 9.09. The van der Waals surface area contributed by atoms with Crippen LogP contribution in [-0.4, -0.2) is 24.3 Å². The van der Waals surface area contributed by atoms with Gasteiger partial charge in [0.1, 0.15) is 0 Å². The van der Waals surface area contributed by atoms with E-state index in [1.807, 2.05) is 12.1 Å². The molecule has 1 aromatic rings. The largest absolute Gasteiger partial charge is 0.375 e. The Bertz CT molecular complexity index is 437. The zero-order valence-electron chi connectivity index (χ0n) is 12.8. The van der Waals surface area contributed by atoms with Crippen LogP contribution in [-0.2, 0) is 11.2 Å². The third-order valence-electron chi connectivity index (χ3n) is 4.35. The summed E-state index contributed by atoms with van der Waals surface area (Å²) in [7, 11) is 0. The molecule has 20 heavy (non-hydrogen) atoms. The molecule has 1 saturated heterocycles. The van der Waals surface area contributed by atoms with Crippen LogP contribution >= 0.6 is 11.6 Å². The first-order valence-corrected chi connectivity index (χ1v) is 8.03. The number of benzene rings is 1. The van der Waals surface area contributed by atoms with E-state index in [-0.39, 0.29) is 5.60 Å². The fourth-order valence-electron chi connectivity index (χ4n) is 2.97. The summed E-state index contributed by atoms with van der Waals surface area (Å²) in [6.07, 6.45) is 4.24. The molecule has 1 N–H and O–H groups in total. The van der Waals surface area contributed by atoms with Gasteiger partial charge in [-0.3, -0.25) is 0 Å². The van der Waals surface area contributed by atoms with Gasteiger partial charge in [0.25, 0.3) is 0 Å². The molecule has 0 amide bonds. The second kappa shape index (κ2) is 6.93. The third kappa shape index (κ3) is 4.21. The van der Waals surface area contributed by atoms with E-state index >= 15 is 0 Å². The van der Waals surface area contributed by atoms with Gasteiger partial charge in [-0.25, -0.2) is 0 Å². The van der Waals surface area contributed by atoms with Gasteiger partial charge in [0.05, 0.1) is 5.60 Å². The highest BCUT2D eigenvalue weighted by atomic mass is 35.5. The molecule has 3 atom stereocenters. The molecule has 1 aliphatic rings. The Labute approximate surface area is 127 Å². The highest BCUT2D eigenvalue weighted by Gasteiger charge is 2.31. The third-order valence-corrected chi connectivity index (χ3v) is 4.72. The summed E-state index contributed by atoms with van der Waals surface area (Å²) < 4.78 is 5.90. The maximum Gasteiger partial charge on any atom is 0.0666 e. The lowest BCUT2D eigenvalue weighted by Gasteiger charge is -2.39. The van der Waals surface area contributed by atoms with Crippen molar-refractivity contribution in [3.05, 3.63) is 34.9 Å². The molecule has 1 aliphatic heterocycles. The number of rotatable bonds is 5. The zero-order chi connectivity index (χ0) is 14.6. The Morgan fingerprint density at radius 1 is 1.45 bits per heavy atom. The standard InChI is InChI=1S/C17H26ClNO/c1-4-17(3)12-15(9-10-20-17)19-13(2)11-14-7-5-6-8-16(14)18/h5-8,13,15,19H,4,9-12H2,1-3H3. The molecular formula is C17H26ClNO. The van der Waals surface area contributed by atoms with E-state index in [4.69, 9.17) is 16.3 Å². The number of hydrogen-bond donors (Lipinski definition) is 1. The molecular weight excluding hydrogens is 270 g/mol. The van der Waals surface area contributed by atoms with Gasteiger partial charge in [-0.05, 0) is 51.2 Å². The van der Waals surface area contributed by atoms with Crippen molar-refractivity contribution in [1.29, 1.82) is 0 Å². The topological polar surface area (TPSA) is 21.3 Å². The van der Waals surface area contributed by atoms with Gasteiger partial charge in [-0.1, -0.05) is 36.7 Å². The van der Waals surface area contributed by atoms with E-state index in [2.05, 4.69) is 38.2 Å². The number of ether oxygens (including phenoxy) is 1. The molecule has 2 nitrogen and oxygen atoms in total. The smallest absolute Gasteiger partial charge is 0.0666 e. The minimum Gasteiger partial charge on any atom is -0.375 e. The minimum atomic E-state index is 0.0417. The summed E-state index contributed by atoms with van der Waals surface area (Å²) in [6.45, 7) is 7.53. The van der Waals surface area contributed by atoms with Gasteiger partial charge >= 0.3 is 0 Å². The first-order chi connectivity index (χ1) is 9.52. The second-order valence-electron chi connectivity index (χ2n) is 6.20. The average molecular weight is 296 g/mol. The van der Waals surface area contributed by atoms with E-state index in [0.717, 1.165) is 37.3 Å². The molecule has 112 valence electrons. The van der Waals surface area contributed by atoms with Gasteiger partial charge in [0.15, 0.2) is 0 Å². The van der Waals surface area contributed by atoms with Crippen molar-refractivity contribution in [2.45, 2.75) is 64.1 Å². The van der Waals surface area contributed by atoms with Crippen LogP contribution in [0.25, 0.3) is 0 Å². The highest BCUT2D eigenvalue weighted by Crippen LogP contribution is 2.28. The Balaban J connectivity index is 1.88. The molecule has 0 saturated carbocycles. The molecule has 0 aromatic heterocycles. The van der Waals surface area contributed by atoms with Crippen LogP contribution in [0.2, 0.25) is 5.02 Å². The van der Waals surface area contributed by atoms with E-state index in [1.54, 1.807) is 0 Å². The SMILES string of the molecule is CCC1(C)CC(NC(C)Cc2ccccc2Cl)CCO1. The first-order valence-electron chi connectivity index (χ1n) is 7.66. The summed E-state index contributed by atoms with van der Waals surface area (Å²) >= 11 is 6.23. The van der Waals surface area contributed by atoms with Crippen LogP contribution in [0.4, 0.5) is 0 Å². The van der Waals surface area contributed by atoms with Crippen LogP contribution in [0.15, 0.2) is 24.3 Å². The number of nitrogens with one attached hydrogen (secondary N) is 1. The van der Waals surface area contributed by atoms with Crippen molar-refractivity contribution >= 4 is 11.6 Å². The summed E-state index contributed by atoms with van der Waals surface area (Å²) in [5, 5.41) is 4.61. The minimum absolute atomic E-state index is 0.0417. The van der Waals surface area contributed by atoms with Gasteiger partial charge in [0, 0.05) is 23.7 Å². The monoisotopic (exact) mass is 295 g/mol. The first kappa shape index (κ1) is 15.8. The fraction of sp³-hybridized carbons (Fsp3) is 0.647. The summed E-state index contributed by atoms with van der Waals surface area (Å²) in [5.41, 5.74) is 1.26. The Morgan fingerprint density at radius 3 is 2.90 bits per heavy atom. The predicted molar refractivity (Wildman–Crippen MR) is 85.4 cm³/mol. The quantitative estimate of drug-likeness (QED) is 0.878. The maximum absolute atomic E-state index is 6.23. The van der Waals surface area contributed by atoms with E-state index in [1.165, 1.54) is 5.56 Å². The maximum atomic E-state index is 6.23. The van der Waals surface area contributed by atoms with Crippen molar-refractivity contribution in [1.82, 2.24) is 5.32 Å². The lowest BCUT2D eigenvalue weighted by Crippen LogP contribution is -2.48. The molecule has 0 bridgehead atoms. The molecule has 3 unspecified atom stereocenters. The average Bonchev–Trinajstić information content (AvgIpc) is 2.41. The Morgan fingerprint density at radius 2 is 2.20 bits per heavy atom. The van der Waals surface area contributed by atoms with Gasteiger partial charge in [-0.15, -0.1) is 0 Å². The van der Waals surface area contributed by atoms with Gasteiger partial charge in [0.2, 0.25) is 0 Å².